The molecule has 0 radical (unpaired) electrons. The number of anilines is 2. The fraction of sp³-hybridized carbons (Fsp3) is 0.143. The van der Waals surface area contributed by atoms with E-state index in [2.05, 4.69) is 10.6 Å². The lowest BCUT2D eigenvalue weighted by molar-refractivity contribution is -0.136. The number of halogens is 4. The second kappa shape index (κ2) is 9.69. The van der Waals surface area contributed by atoms with Gasteiger partial charge in [-0.25, -0.2) is 4.39 Å². The highest BCUT2D eigenvalue weighted by atomic mass is 32.2. The lowest BCUT2D eigenvalue weighted by Gasteiger charge is -2.15. The normalized spacial score (nSPS) is 11.2. The molecule has 1 heterocycles. The number of thioether (sulfide) groups is 1. The maximum absolute atomic E-state index is 13.5. The Morgan fingerprint density at radius 1 is 1.00 bits per heavy atom. The van der Waals surface area contributed by atoms with Gasteiger partial charge >= 0.3 is 6.18 Å². The van der Waals surface area contributed by atoms with Gasteiger partial charge in [-0.15, -0.1) is 11.8 Å². The third-order valence-electron chi connectivity index (χ3n) is 4.02. The number of nitrogens with one attached hydrogen (secondary N) is 2. The average Bonchev–Trinajstić information content (AvgIpc) is 3.25. The average molecular weight is 452 g/mol. The molecule has 0 aliphatic rings. The molecule has 3 rings (SSSR count). The first-order valence-corrected chi connectivity index (χ1v) is 10.1. The Balaban J connectivity index is 1.64. The van der Waals surface area contributed by atoms with Crippen molar-refractivity contribution in [2.24, 2.45) is 0 Å². The summed E-state index contributed by atoms with van der Waals surface area (Å²) in [6.45, 7) is 0. The molecule has 0 atom stereocenters. The van der Waals surface area contributed by atoms with E-state index in [1.165, 1.54) is 48.4 Å². The van der Waals surface area contributed by atoms with Crippen molar-refractivity contribution in [2.45, 2.75) is 11.9 Å². The number of benzene rings is 2. The van der Waals surface area contributed by atoms with Crippen molar-refractivity contribution in [1.29, 1.82) is 0 Å². The minimum absolute atomic E-state index is 0.0517. The van der Waals surface area contributed by atoms with Crippen molar-refractivity contribution in [1.82, 2.24) is 0 Å². The summed E-state index contributed by atoms with van der Waals surface area (Å²) >= 11 is 1.18. The van der Waals surface area contributed by atoms with Gasteiger partial charge in [0.05, 0.1) is 23.3 Å². The second-order valence-electron chi connectivity index (χ2n) is 6.36. The summed E-state index contributed by atoms with van der Waals surface area (Å²) in [7, 11) is 0. The molecule has 2 aromatic carbocycles. The number of alkyl halides is 3. The van der Waals surface area contributed by atoms with Crippen LogP contribution < -0.4 is 10.6 Å². The predicted molar refractivity (Wildman–Crippen MR) is 109 cm³/mol. The van der Waals surface area contributed by atoms with E-state index < -0.39 is 29.2 Å². The van der Waals surface area contributed by atoms with Crippen LogP contribution in [0.3, 0.4) is 0 Å². The van der Waals surface area contributed by atoms with Gasteiger partial charge in [-0.1, -0.05) is 12.1 Å². The van der Waals surface area contributed by atoms with E-state index in [4.69, 9.17) is 4.42 Å². The zero-order valence-corrected chi connectivity index (χ0v) is 16.6. The van der Waals surface area contributed by atoms with Crippen LogP contribution in [0.5, 0.6) is 0 Å². The molecule has 0 saturated carbocycles. The summed E-state index contributed by atoms with van der Waals surface area (Å²) in [5.41, 5.74) is -0.832. The van der Waals surface area contributed by atoms with Crippen molar-refractivity contribution >= 4 is 35.0 Å². The smallest absolute Gasteiger partial charge is 0.418 e. The number of amides is 2. The van der Waals surface area contributed by atoms with Gasteiger partial charge in [-0.05, 0) is 48.0 Å². The van der Waals surface area contributed by atoms with E-state index in [9.17, 15) is 27.2 Å². The summed E-state index contributed by atoms with van der Waals surface area (Å²) in [6, 6.07) is 11.6. The van der Waals surface area contributed by atoms with Crippen molar-refractivity contribution in [3.63, 3.8) is 0 Å². The standard InChI is InChI=1S/C21H16F4N2O3S/c22-14-5-3-13(4-6-14)11-31-12-19(28)27-17-8-7-15(10-16(17)21(23,24)25)26-20(29)18-2-1-9-30-18/h1-10H,11-12H2,(H,26,29)(H,27,28). The molecule has 3 aromatic rings. The van der Waals surface area contributed by atoms with Crippen LogP contribution in [-0.4, -0.2) is 17.6 Å². The first kappa shape index (κ1) is 22.4. The van der Waals surface area contributed by atoms with E-state index in [0.717, 1.165) is 17.7 Å². The van der Waals surface area contributed by atoms with Gasteiger partial charge in [0.15, 0.2) is 5.76 Å². The molecule has 31 heavy (non-hydrogen) atoms. The molecule has 2 N–H and O–H groups in total. The molecule has 10 heteroatoms. The minimum Gasteiger partial charge on any atom is -0.459 e. The Morgan fingerprint density at radius 2 is 1.74 bits per heavy atom. The van der Waals surface area contributed by atoms with Crippen molar-refractivity contribution in [2.75, 3.05) is 16.4 Å². The molecule has 0 spiro atoms. The first-order chi connectivity index (χ1) is 14.7. The summed E-state index contributed by atoms with van der Waals surface area (Å²) < 4.78 is 58.2. The zero-order chi connectivity index (χ0) is 22.4. The van der Waals surface area contributed by atoms with Crippen LogP contribution in [0.15, 0.2) is 65.3 Å². The molecular formula is C21H16F4N2O3S. The number of hydrogen-bond donors (Lipinski definition) is 2. The van der Waals surface area contributed by atoms with Crippen LogP contribution in [0.4, 0.5) is 28.9 Å². The lowest BCUT2D eigenvalue weighted by Crippen LogP contribution is -2.19. The van der Waals surface area contributed by atoms with Crippen LogP contribution in [0, 0.1) is 5.82 Å². The van der Waals surface area contributed by atoms with Gasteiger partial charge in [0.1, 0.15) is 5.82 Å². The van der Waals surface area contributed by atoms with Crippen LogP contribution in [-0.2, 0) is 16.7 Å². The quantitative estimate of drug-likeness (QED) is 0.461. The van der Waals surface area contributed by atoms with Crippen molar-refractivity contribution in [3.8, 4) is 0 Å². The SMILES string of the molecule is O=C(CSCc1ccc(F)cc1)Nc1ccc(NC(=O)c2ccco2)cc1C(F)(F)F. The van der Waals surface area contributed by atoms with Gasteiger partial charge in [0, 0.05) is 11.4 Å². The van der Waals surface area contributed by atoms with E-state index in [1.807, 2.05) is 0 Å². The number of furan rings is 1. The maximum Gasteiger partial charge on any atom is 0.418 e. The molecule has 0 aliphatic carbocycles. The topological polar surface area (TPSA) is 71.3 Å². The second-order valence-corrected chi connectivity index (χ2v) is 7.34. The Hall–Kier alpha value is -3.27. The molecule has 1 aromatic heterocycles. The van der Waals surface area contributed by atoms with Crippen molar-refractivity contribution in [3.05, 3.63) is 83.6 Å². The highest BCUT2D eigenvalue weighted by Gasteiger charge is 2.34. The zero-order valence-electron chi connectivity index (χ0n) is 15.8. The van der Waals surface area contributed by atoms with Gasteiger partial charge in [0.25, 0.3) is 5.91 Å². The van der Waals surface area contributed by atoms with Crippen LogP contribution in [0.1, 0.15) is 21.7 Å². The van der Waals surface area contributed by atoms with Crippen LogP contribution >= 0.6 is 11.8 Å². The molecule has 0 fully saturated rings. The fourth-order valence-electron chi connectivity index (χ4n) is 2.59. The van der Waals surface area contributed by atoms with E-state index >= 15 is 0 Å². The molecule has 5 nitrogen and oxygen atoms in total. The number of hydrogen-bond acceptors (Lipinski definition) is 4. The predicted octanol–water partition coefficient (Wildman–Crippen LogP) is 5.56. The van der Waals surface area contributed by atoms with Gasteiger partial charge in [-0.3, -0.25) is 9.59 Å². The van der Waals surface area contributed by atoms with E-state index in [-0.39, 0.29) is 23.0 Å². The van der Waals surface area contributed by atoms with E-state index in [1.54, 1.807) is 12.1 Å². The molecule has 0 aliphatic heterocycles. The summed E-state index contributed by atoms with van der Waals surface area (Å²) in [5, 5.41) is 4.57. The fourth-order valence-corrected chi connectivity index (χ4v) is 3.38. The molecule has 2 amide bonds. The molecule has 0 bridgehead atoms. The Morgan fingerprint density at radius 3 is 2.39 bits per heavy atom. The summed E-state index contributed by atoms with van der Waals surface area (Å²) in [4.78, 5) is 24.1. The Kier molecular flexibility index (Phi) is 7.01. The number of carbonyl (C=O) groups is 2. The van der Waals surface area contributed by atoms with Crippen LogP contribution in [0.25, 0.3) is 0 Å². The summed E-state index contributed by atoms with van der Waals surface area (Å²) in [6.07, 6.45) is -3.49. The highest BCUT2D eigenvalue weighted by molar-refractivity contribution is 7.99. The molecule has 0 saturated heterocycles. The summed E-state index contributed by atoms with van der Waals surface area (Å²) in [5.74, 6) is -1.44. The third-order valence-corrected chi connectivity index (χ3v) is 5.02. The van der Waals surface area contributed by atoms with Gasteiger partial charge in [0.2, 0.25) is 5.91 Å². The molecular weight excluding hydrogens is 436 g/mol. The van der Waals surface area contributed by atoms with Crippen LogP contribution in [0.2, 0.25) is 0 Å². The lowest BCUT2D eigenvalue weighted by atomic mass is 10.1. The maximum atomic E-state index is 13.5. The van der Waals surface area contributed by atoms with Gasteiger partial charge in [-0.2, -0.15) is 13.2 Å². The molecule has 0 unspecified atom stereocenters. The Labute approximate surface area is 178 Å². The largest absolute Gasteiger partial charge is 0.459 e. The Bertz CT molecular complexity index is 1050. The first-order valence-electron chi connectivity index (χ1n) is 8.90. The van der Waals surface area contributed by atoms with Gasteiger partial charge < -0.3 is 15.1 Å². The highest BCUT2D eigenvalue weighted by Crippen LogP contribution is 2.36. The monoisotopic (exact) mass is 452 g/mol. The number of carbonyl (C=O) groups excluding carboxylic acids is 2. The third kappa shape index (κ3) is 6.35. The minimum atomic E-state index is -4.75. The van der Waals surface area contributed by atoms with E-state index in [0.29, 0.717) is 5.75 Å². The van der Waals surface area contributed by atoms with Crippen molar-refractivity contribution < 1.29 is 31.6 Å². The number of rotatable bonds is 7. The molecule has 162 valence electrons.